The second-order valence-electron chi connectivity index (χ2n) is 7.41. The number of rotatable bonds is 8. The maximum absolute atomic E-state index is 12.5. The summed E-state index contributed by atoms with van der Waals surface area (Å²) in [7, 11) is 0. The highest BCUT2D eigenvalue weighted by atomic mass is 16.3. The van der Waals surface area contributed by atoms with E-state index < -0.39 is 6.10 Å². The second kappa shape index (κ2) is 10.7. The number of carbonyl (C=O) groups is 1. The van der Waals surface area contributed by atoms with Gasteiger partial charge in [-0.25, -0.2) is 4.98 Å². The van der Waals surface area contributed by atoms with E-state index in [4.69, 9.17) is 5.73 Å². The molecule has 3 rings (SSSR count). The number of aromatic nitrogens is 2. The fourth-order valence-corrected chi connectivity index (χ4v) is 3.39. The normalized spacial score (nSPS) is 11.9. The largest absolute Gasteiger partial charge is 0.392 e. The summed E-state index contributed by atoms with van der Waals surface area (Å²) in [4.78, 5) is 23.0. The van der Waals surface area contributed by atoms with Crippen LogP contribution in [0, 0.1) is 11.8 Å². The van der Waals surface area contributed by atoms with Crippen LogP contribution in [0.15, 0.2) is 48.9 Å². The van der Waals surface area contributed by atoms with E-state index in [1.165, 1.54) is 0 Å². The van der Waals surface area contributed by atoms with Crippen LogP contribution in [0.1, 0.15) is 48.2 Å². The molecule has 2 heterocycles. The van der Waals surface area contributed by atoms with E-state index in [2.05, 4.69) is 40.6 Å². The first-order valence-corrected chi connectivity index (χ1v) is 10.6. The van der Waals surface area contributed by atoms with Crippen LogP contribution in [-0.2, 0) is 0 Å². The number of nitrogens with zero attached hydrogens (tertiary/aromatic N) is 3. The number of aliphatic hydroxyl groups excluding tert-OH is 1. The zero-order valence-electron chi connectivity index (χ0n) is 18.0. The fourth-order valence-electron chi connectivity index (χ4n) is 3.39. The molecule has 3 aromatic rings. The van der Waals surface area contributed by atoms with Crippen molar-refractivity contribution in [1.82, 2.24) is 14.9 Å². The van der Waals surface area contributed by atoms with E-state index in [1.54, 1.807) is 30.7 Å². The molecule has 0 saturated heterocycles. The van der Waals surface area contributed by atoms with E-state index in [0.717, 1.165) is 29.4 Å². The number of likely N-dealkylation sites (N-methyl/N-ethyl adjacent to an activating group) is 1. The number of nitrogens with two attached hydrogens (primary N) is 1. The van der Waals surface area contributed by atoms with Crippen molar-refractivity contribution >= 4 is 22.4 Å². The number of anilines is 1. The van der Waals surface area contributed by atoms with E-state index in [9.17, 15) is 9.90 Å². The molecule has 0 spiro atoms. The Morgan fingerprint density at radius 3 is 2.58 bits per heavy atom. The van der Waals surface area contributed by atoms with Crippen molar-refractivity contribution in [3.63, 3.8) is 0 Å². The number of carbonyl (C=O) groups excluding carboxylic acids is 1. The van der Waals surface area contributed by atoms with Crippen LogP contribution < -0.4 is 5.73 Å². The van der Waals surface area contributed by atoms with Crippen molar-refractivity contribution < 1.29 is 9.90 Å². The zero-order valence-corrected chi connectivity index (χ0v) is 18.0. The van der Waals surface area contributed by atoms with Gasteiger partial charge in [0, 0.05) is 53.5 Å². The number of pyridine rings is 2. The highest BCUT2D eigenvalue weighted by molar-refractivity contribution is 5.96. The van der Waals surface area contributed by atoms with Crippen LogP contribution >= 0.6 is 0 Å². The first kappa shape index (κ1) is 22.4. The third-order valence-corrected chi connectivity index (χ3v) is 5.33. The van der Waals surface area contributed by atoms with Gasteiger partial charge in [-0.3, -0.25) is 9.78 Å². The minimum atomic E-state index is -0.497. The summed E-state index contributed by atoms with van der Waals surface area (Å²) in [6.07, 6.45) is 5.42. The summed E-state index contributed by atoms with van der Waals surface area (Å²) in [5, 5.41) is 12.0. The van der Waals surface area contributed by atoms with Crippen molar-refractivity contribution in [1.29, 1.82) is 0 Å². The molecule has 0 aliphatic rings. The predicted octanol–water partition coefficient (Wildman–Crippen LogP) is 3.28. The standard InChI is InChI=1S/C25H28N4O2/c1-3-29(4-2)17-21(30)10-12-24(31)19-8-5-18(6-9-19)7-11-22-23-16-27-14-13-20(23)15-28-25(22)26/h5-6,8-9,13-16,21,30H,3-4,10,12,17H2,1-2H3,(H2,26,28). The van der Waals surface area contributed by atoms with Crippen molar-refractivity contribution in [2.45, 2.75) is 32.8 Å². The smallest absolute Gasteiger partial charge is 0.162 e. The van der Waals surface area contributed by atoms with Crippen molar-refractivity contribution in [3.8, 4) is 11.8 Å². The lowest BCUT2D eigenvalue weighted by molar-refractivity contribution is 0.0877. The molecule has 1 unspecified atom stereocenters. The lowest BCUT2D eigenvalue weighted by Gasteiger charge is -2.21. The minimum absolute atomic E-state index is 0.0201. The molecule has 0 aliphatic carbocycles. The minimum Gasteiger partial charge on any atom is -0.392 e. The van der Waals surface area contributed by atoms with E-state index in [1.807, 2.05) is 18.2 Å². The molecule has 0 bridgehead atoms. The molecule has 160 valence electrons. The van der Waals surface area contributed by atoms with Gasteiger partial charge in [0.1, 0.15) is 5.82 Å². The topological polar surface area (TPSA) is 92.3 Å². The van der Waals surface area contributed by atoms with E-state index >= 15 is 0 Å². The van der Waals surface area contributed by atoms with Crippen molar-refractivity contribution in [2.24, 2.45) is 0 Å². The third-order valence-electron chi connectivity index (χ3n) is 5.33. The summed E-state index contributed by atoms with van der Waals surface area (Å²) in [6, 6.07) is 9.05. The number of aliphatic hydroxyl groups is 1. The number of fused-ring (bicyclic) bond motifs is 1. The maximum atomic E-state index is 12.5. The molecular weight excluding hydrogens is 388 g/mol. The van der Waals surface area contributed by atoms with Gasteiger partial charge in [-0.05, 0) is 37.7 Å². The van der Waals surface area contributed by atoms with Crippen LogP contribution in [0.5, 0.6) is 0 Å². The number of hydrogen-bond acceptors (Lipinski definition) is 6. The molecule has 6 heteroatoms. The zero-order chi connectivity index (χ0) is 22.2. The lowest BCUT2D eigenvalue weighted by Crippen LogP contribution is -2.32. The van der Waals surface area contributed by atoms with Crippen LogP contribution in [0.2, 0.25) is 0 Å². The van der Waals surface area contributed by atoms with Crippen LogP contribution in [0.4, 0.5) is 5.82 Å². The van der Waals surface area contributed by atoms with E-state index in [0.29, 0.717) is 36.3 Å². The summed E-state index contributed by atoms with van der Waals surface area (Å²) in [5.74, 6) is 6.56. The molecule has 0 amide bonds. The first-order chi connectivity index (χ1) is 15.0. The van der Waals surface area contributed by atoms with Gasteiger partial charge in [0.15, 0.2) is 5.78 Å². The molecule has 2 aromatic heterocycles. The Morgan fingerprint density at radius 1 is 1.13 bits per heavy atom. The average Bonchev–Trinajstić information content (AvgIpc) is 2.80. The number of nitrogen functional groups attached to an aromatic ring is 1. The lowest BCUT2D eigenvalue weighted by atomic mass is 10.0. The van der Waals surface area contributed by atoms with Crippen molar-refractivity contribution in [3.05, 3.63) is 65.6 Å². The Kier molecular flexibility index (Phi) is 7.71. The molecule has 0 saturated carbocycles. The Morgan fingerprint density at radius 2 is 1.87 bits per heavy atom. The fraction of sp³-hybridized carbons (Fsp3) is 0.320. The van der Waals surface area contributed by atoms with Crippen LogP contribution in [-0.4, -0.2) is 51.5 Å². The highest BCUT2D eigenvalue weighted by Crippen LogP contribution is 2.20. The number of Topliss-reactive ketones (excluding diaryl/α,β-unsaturated/α-hetero) is 1. The molecule has 0 fully saturated rings. The van der Waals surface area contributed by atoms with Gasteiger partial charge >= 0.3 is 0 Å². The van der Waals surface area contributed by atoms with Crippen LogP contribution in [0.25, 0.3) is 10.8 Å². The monoisotopic (exact) mass is 416 g/mol. The first-order valence-electron chi connectivity index (χ1n) is 10.6. The number of benzene rings is 1. The van der Waals surface area contributed by atoms with Gasteiger partial charge in [0.25, 0.3) is 0 Å². The predicted molar refractivity (Wildman–Crippen MR) is 124 cm³/mol. The maximum Gasteiger partial charge on any atom is 0.162 e. The quantitative estimate of drug-likeness (QED) is 0.432. The molecule has 3 N–H and O–H groups in total. The number of ketones is 1. The molecule has 6 nitrogen and oxygen atoms in total. The van der Waals surface area contributed by atoms with Gasteiger partial charge in [-0.2, -0.15) is 0 Å². The van der Waals surface area contributed by atoms with Gasteiger partial charge < -0.3 is 15.7 Å². The average molecular weight is 417 g/mol. The SMILES string of the molecule is CCN(CC)CC(O)CCC(=O)c1ccc(C#Cc2c(N)ncc3ccncc23)cc1. The molecule has 1 atom stereocenters. The van der Waals surface area contributed by atoms with Crippen molar-refractivity contribution in [2.75, 3.05) is 25.4 Å². The van der Waals surface area contributed by atoms with E-state index in [-0.39, 0.29) is 5.78 Å². The Labute approximate surface area is 183 Å². The molecule has 0 radical (unpaired) electrons. The summed E-state index contributed by atoms with van der Waals surface area (Å²) in [5.41, 5.74) is 8.05. The van der Waals surface area contributed by atoms with Crippen LogP contribution in [0.3, 0.4) is 0 Å². The molecule has 31 heavy (non-hydrogen) atoms. The Balaban J connectivity index is 1.65. The third kappa shape index (κ3) is 5.88. The highest BCUT2D eigenvalue weighted by Gasteiger charge is 2.12. The van der Waals surface area contributed by atoms with Gasteiger partial charge in [0.05, 0.1) is 11.7 Å². The summed E-state index contributed by atoms with van der Waals surface area (Å²) in [6.45, 7) is 6.50. The molecule has 1 aromatic carbocycles. The molecule has 0 aliphatic heterocycles. The Bertz CT molecular complexity index is 1100. The van der Waals surface area contributed by atoms with Gasteiger partial charge in [0.2, 0.25) is 0 Å². The molecular formula is C25H28N4O2. The second-order valence-corrected chi connectivity index (χ2v) is 7.41. The summed E-state index contributed by atoms with van der Waals surface area (Å²) < 4.78 is 0. The van der Waals surface area contributed by atoms with Gasteiger partial charge in [-0.1, -0.05) is 37.8 Å². The number of hydrogen-bond donors (Lipinski definition) is 2. The summed E-state index contributed by atoms with van der Waals surface area (Å²) >= 11 is 0. The Hall–Kier alpha value is -3.27. The van der Waals surface area contributed by atoms with Gasteiger partial charge in [-0.15, -0.1) is 0 Å².